The Kier molecular flexibility index (Phi) is 8.57. The Morgan fingerprint density at radius 1 is 1.02 bits per heavy atom. The van der Waals surface area contributed by atoms with Gasteiger partial charge < -0.3 is 24.2 Å². The number of pyridine rings is 1. The number of aliphatic hydroxyl groups is 1. The molecule has 214 valence electrons. The molecular weight excluding hydrogens is 520 g/mol. The van der Waals surface area contributed by atoms with Gasteiger partial charge in [-0.25, -0.2) is 0 Å². The second kappa shape index (κ2) is 12.5. The Balaban J connectivity index is 1.59. The Morgan fingerprint density at radius 2 is 1.83 bits per heavy atom. The quantitative estimate of drug-likeness (QED) is 0.134. The molecule has 0 spiro atoms. The van der Waals surface area contributed by atoms with E-state index in [4.69, 9.17) is 14.2 Å². The number of aliphatic hydroxyl groups excluding tert-OH is 1. The highest BCUT2D eigenvalue weighted by Gasteiger charge is 2.46. The van der Waals surface area contributed by atoms with Gasteiger partial charge in [-0.15, -0.1) is 0 Å². The molecule has 1 fully saturated rings. The van der Waals surface area contributed by atoms with Crippen LogP contribution in [0.1, 0.15) is 68.3 Å². The van der Waals surface area contributed by atoms with E-state index in [1.165, 1.54) is 4.90 Å². The van der Waals surface area contributed by atoms with Crippen molar-refractivity contribution in [2.24, 2.45) is 0 Å². The number of amides is 1. The molecular formula is C33H36N2O6. The number of ketones is 1. The molecule has 0 bridgehead atoms. The third-order valence-corrected chi connectivity index (χ3v) is 7.40. The van der Waals surface area contributed by atoms with Crippen LogP contribution in [0.3, 0.4) is 0 Å². The minimum absolute atomic E-state index is 0.0352. The van der Waals surface area contributed by atoms with Gasteiger partial charge in [0.1, 0.15) is 17.6 Å². The van der Waals surface area contributed by atoms with E-state index in [1.807, 2.05) is 32.0 Å². The summed E-state index contributed by atoms with van der Waals surface area (Å²) in [4.78, 5) is 32.6. The SMILES string of the molecule is CCCCCOc1ccc(C2/C(=C(/O)c3ccc4c(c3)CC(C)O4)C(=O)C(=O)N2Cc2ccncc2)cc1OCC. The molecule has 0 saturated carbocycles. The fourth-order valence-electron chi connectivity index (χ4n) is 5.42. The van der Waals surface area contributed by atoms with Gasteiger partial charge in [-0.05, 0) is 79.4 Å². The van der Waals surface area contributed by atoms with Gasteiger partial charge in [0.15, 0.2) is 11.5 Å². The lowest BCUT2D eigenvalue weighted by atomic mass is 9.94. The van der Waals surface area contributed by atoms with Crippen LogP contribution >= 0.6 is 0 Å². The molecule has 2 atom stereocenters. The van der Waals surface area contributed by atoms with Crippen LogP contribution in [-0.4, -0.2) is 46.0 Å². The minimum atomic E-state index is -0.833. The summed E-state index contributed by atoms with van der Waals surface area (Å²) in [6, 6.07) is 13.6. The van der Waals surface area contributed by atoms with E-state index in [-0.39, 0.29) is 24.0 Å². The normalized spacial score (nSPS) is 19.2. The van der Waals surface area contributed by atoms with E-state index < -0.39 is 17.7 Å². The van der Waals surface area contributed by atoms with Crippen molar-refractivity contribution in [2.75, 3.05) is 13.2 Å². The lowest BCUT2D eigenvalue weighted by molar-refractivity contribution is -0.140. The van der Waals surface area contributed by atoms with Crippen LogP contribution in [0, 0.1) is 0 Å². The van der Waals surface area contributed by atoms with Crippen LogP contribution in [0.15, 0.2) is 66.5 Å². The molecule has 2 aliphatic rings. The van der Waals surface area contributed by atoms with Gasteiger partial charge in [-0.3, -0.25) is 14.6 Å². The zero-order chi connectivity index (χ0) is 28.9. The van der Waals surface area contributed by atoms with Crippen LogP contribution < -0.4 is 14.2 Å². The molecule has 2 aliphatic heterocycles. The number of hydrogen-bond acceptors (Lipinski definition) is 7. The van der Waals surface area contributed by atoms with Gasteiger partial charge in [0, 0.05) is 30.9 Å². The van der Waals surface area contributed by atoms with Crippen molar-refractivity contribution in [1.82, 2.24) is 9.88 Å². The highest BCUT2D eigenvalue weighted by atomic mass is 16.5. The molecule has 1 amide bonds. The fraction of sp³-hybridized carbons (Fsp3) is 0.364. The molecule has 8 heteroatoms. The van der Waals surface area contributed by atoms with Gasteiger partial charge in [0.2, 0.25) is 0 Å². The number of benzene rings is 2. The number of aromatic nitrogens is 1. The Bertz CT molecular complexity index is 1450. The predicted molar refractivity (Wildman–Crippen MR) is 155 cm³/mol. The van der Waals surface area contributed by atoms with Gasteiger partial charge >= 0.3 is 0 Å². The standard InChI is InChI=1S/C33H36N2O6/c1-4-6-7-16-40-27-11-8-23(19-28(27)39-5-2)30-29(31(36)24-9-10-26-25(18-24)17-21(3)41-26)32(37)33(38)35(30)20-22-12-14-34-15-13-22/h8-15,18-19,21,30,36H,4-7,16-17,20H2,1-3H3/b31-29-. The summed E-state index contributed by atoms with van der Waals surface area (Å²) < 4.78 is 17.8. The monoisotopic (exact) mass is 556 g/mol. The first-order valence-electron chi connectivity index (χ1n) is 14.3. The summed E-state index contributed by atoms with van der Waals surface area (Å²) >= 11 is 0. The van der Waals surface area contributed by atoms with Crippen molar-refractivity contribution in [3.05, 3.63) is 88.8 Å². The van der Waals surface area contributed by atoms with E-state index in [1.54, 1.807) is 42.7 Å². The smallest absolute Gasteiger partial charge is 0.295 e. The molecule has 8 nitrogen and oxygen atoms in total. The second-order valence-corrected chi connectivity index (χ2v) is 10.4. The Labute approximate surface area is 240 Å². The van der Waals surface area contributed by atoms with Crippen molar-refractivity contribution < 1.29 is 28.9 Å². The van der Waals surface area contributed by atoms with Crippen LogP contribution in [0.5, 0.6) is 17.2 Å². The zero-order valence-corrected chi connectivity index (χ0v) is 23.8. The third kappa shape index (κ3) is 5.92. The van der Waals surface area contributed by atoms with E-state index >= 15 is 0 Å². The maximum Gasteiger partial charge on any atom is 0.295 e. The van der Waals surface area contributed by atoms with E-state index in [2.05, 4.69) is 11.9 Å². The first kappa shape index (κ1) is 28.2. The fourth-order valence-corrected chi connectivity index (χ4v) is 5.42. The molecule has 2 unspecified atom stereocenters. The molecule has 3 aromatic rings. The number of likely N-dealkylation sites (tertiary alicyclic amines) is 1. The van der Waals surface area contributed by atoms with Gasteiger partial charge in [0.05, 0.1) is 24.8 Å². The van der Waals surface area contributed by atoms with Gasteiger partial charge in [0.25, 0.3) is 11.7 Å². The third-order valence-electron chi connectivity index (χ3n) is 7.40. The Morgan fingerprint density at radius 3 is 2.59 bits per heavy atom. The number of nitrogens with zero attached hydrogens (tertiary/aromatic N) is 2. The Hall–Kier alpha value is -4.33. The van der Waals surface area contributed by atoms with Crippen LogP contribution in [0.25, 0.3) is 5.76 Å². The molecule has 1 aromatic heterocycles. The van der Waals surface area contributed by atoms with Crippen molar-refractivity contribution in [2.45, 2.75) is 65.1 Å². The lowest BCUT2D eigenvalue weighted by Crippen LogP contribution is -2.29. The topological polar surface area (TPSA) is 98.2 Å². The molecule has 5 rings (SSSR count). The van der Waals surface area contributed by atoms with E-state index in [0.29, 0.717) is 42.3 Å². The molecule has 2 aromatic carbocycles. The van der Waals surface area contributed by atoms with Crippen molar-refractivity contribution in [3.63, 3.8) is 0 Å². The molecule has 0 radical (unpaired) electrons. The highest BCUT2D eigenvalue weighted by Crippen LogP contribution is 2.43. The van der Waals surface area contributed by atoms with Crippen molar-refractivity contribution in [1.29, 1.82) is 0 Å². The largest absolute Gasteiger partial charge is 0.507 e. The number of carbonyl (C=O) groups is 2. The number of fused-ring (bicyclic) bond motifs is 1. The second-order valence-electron chi connectivity index (χ2n) is 10.4. The van der Waals surface area contributed by atoms with E-state index in [0.717, 1.165) is 36.1 Å². The number of hydrogen-bond donors (Lipinski definition) is 1. The van der Waals surface area contributed by atoms with Gasteiger partial charge in [-0.2, -0.15) is 0 Å². The van der Waals surface area contributed by atoms with Crippen LogP contribution in [0.4, 0.5) is 0 Å². The van der Waals surface area contributed by atoms with Crippen molar-refractivity contribution >= 4 is 17.4 Å². The first-order chi connectivity index (χ1) is 19.9. The minimum Gasteiger partial charge on any atom is -0.507 e. The lowest BCUT2D eigenvalue weighted by Gasteiger charge is -2.26. The summed E-state index contributed by atoms with van der Waals surface area (Å²) in [5.41, 5.74) is 2.91. The summed E-state index contributed by atoms with van der Waals surface area (Å²) in [6.07, 6.45) is 7.12. The highest BCUT2D eigenvalue weighted by molar-refractivity contribution is 6.46. The summed E-state index contributed by atoms with van der Waals surface area (Å²) in [6.45, 7) is 7.16. The number of unbranched alkanes of at least 4 members (excludes halogenated alkanes) is 2. The summed E-state index contributed by atoms with van der Waals surface area (Å²) in [5.74, 6) is 0.268. The molecule has 3 heterocycles. The van der Waals surface area contributed by atoms with E-state index in [9.17, 15) is 14.7 Å². The average Bonchev–Trinajstić information content (AvgIpc) is 3.47. The number of ether oxygens (including phenoxy) is 3. The molecule has 41 heavy (non-hydrogen) atoms. The predicted octanol–water partition coefficient (Wildman–Crippen LogP) is 5.99. The maximum atomic E-state index is 13.6. The van der Waals surface area contributed by atoms with Crippen LogP contribution in [0.2, 0.25) is 0 Å². The van der Waals surface area contributed by atoms with Crippen LogP contribution in [-0.2, 0) is 22.6 Å². The first-order valence-corrected chi connectivity index (χ1v) is 14.3. The average molecular weight is 557 g/mol. The zero-order valence-electron chi connectivity index (χ0n) is 23.8. The van der Waals surface area contributed by atoms with Gasteiger partial charge in [-0.1, -0.05) is 25.8 Å². The maximum absolute atomic E-state index is 13.6. The number of carbonyl (C=O) groups excluding carboxylic acids is 2. The molecule has 0 aliphatic carbocycles. The summed E-state index contributed by atoms with van der Waals surface area (Å²) in [7, 11) is 0. The number of rotatable bonds is 11. The molecule has 1 N–H and O–H groups in total. The molecule has 1 saturated heterocycles. The van der Waals surface area contributed by atoms with Crippen molar-refractivity contribution in [3.8, 4) is 17.2 Å². The number of Topliss-reactive ketones (excluding diaryl/α,β-unsaturated/α-hetero) is 1. The summed E-state index contributed by atoms with van der Waals surface area (Å²) in [5, 5.41) is 11.6.